The van der Waals surface area contributed by atoms with Crippen LogP contribution in [0.5, 0.6) is 0 Å². The lowest BCUT2D eigenvalue weighted by atomic mass is 10.1. The first-order valence-corrected chi connectivity index (χ1v) is 6.92. The van der Waals surface area contributed by atoms with Crippen molar-refractivity contribution in [3.05, 3.63) is 39.9 Å². The summed E-state index contributed by atoms with van der Waals surface area (Å²) in [7, 11) is 4.00. The maximum atomic E-state index is 12.0. The average Bonchev–Trinajstić information content (AvgIpc) is 3.00. The molecule has 102 valence electrons. The van der Waals surface area contributed by atoms with E-state index in [9.17, 15) is 4.79 Å². The van der Waals surface area contributed by atoms with Crippen LogP contribution >= 0.6 is 11.3 Å². The van der Waals surface area contributed by atoms with Crippen LogP contribution in [0.3, 0.4) is 0 Å². The van der Waals surface area contributed by atoms with Gasteiger partial charge in [0.25, 0.3) is 5.91 Å². The molecule has 0 unspecified atom stereocenters. The molecule has 1 N–H and O–H groups in total. The minimum absolute atomic E-state index is 0.152. The first kappa shape index (κ1) is 13.8. The summed E-state index contributed by atoms with van der Waals surface area (Å²) in [5, 5.41) is 10.7. The van der Waals surface area contributed by atoms with Gasteiger partial charge in [-0.25, -0.2) is 0 Å². The number of aryl methyl sites for hydroxylation is 1. The van der Waals surface area contributed by atoms with Gasteiger partial charge in [0.2, 0.25) is 0 Å². The topological polar surface area (TPSA) is 58.4 Å². The van der Waals surface area contributed by atoms with Crippen LogP contribution in [0.1, 0.15) is 27.7 Å². The molecule has 5 nitrogen and oxygen atoms in total. The van der Waals surface area contributed by atoms with Gasteiger partial charge < -0.3 is 14.7 Å². The molecule has 2 aromatic rings. The number of nitrogens with zero attached hydrogens (tertiary/aromatic N) is 2. The van der Waals surface area contributed by atoms with Crippen molar-refractivity contribution in [3.8, 4) is 0 Å². The quantitative estimate of drug-likeness (QED) is 0.910. The number of nitrogens with one attached hydrogen (secondary N) is 1. The Bertz CT molecular complexity index is 534. The molecule has 0 aliphatic carbocycles. The third-order valence-corrected chi connectivity index (χ3v) is 3.70. The van der Waals surface area contributed by atoms with Crippen LogP contribution in [-0.4, -0.2) is 36.6 Å². The maximum absolute atomic E-state index is 12.0. The highest BCUT2D eigenvalue weighted by Crippen LogP contribution is 2.20. The molecule has 0 aliphatic heterocycles. The Balaban J connectivity index is 2.00. The Kier molecular flexibility index (Phi) is 4.34. The molecular weight excluding hydrogens is 262 g/mol. The number of carbonyl (C=O) groups excluding carboxylic acids is 1. The predicted octanol–water partition coefficient (Wildman–Crippen LogP) is 2.08. The maximum Gasteiger partial charge on any atom is 0.256 e. The van der Waals surface area contributed by atoms with E-state index >= 15 is 0 Å². The average molecular weight is 279 g/mol. The third kappa shape index (κ3) is 3.21. The van der Waals surface area contributed by atoms with Crippen LogP contribution in [0.4, 0.5) is 0 Å². The lowest BCUT2D eigenvalue weighted by molar-refractivity contribution is 0.0940. The number of likely N-dealkylation sites (N-methyl/N-ethyl adjacent to an activating group) is 1. The fourth-order valence-electron chi connectivity index (χ4n) is 1.86. The van der Waals surface area contributed by atoms with E-state index in [0.29, 0.717) is 17.9 Å². The molecule has 2 aromatic heterocycles. The van der Waals surface area contributed by atoms with Gasteiger partial charge in [-0.15, -0.1) is 0 Å². The Labute approximate surface area is 116 Å². The van der Waals surface area contributed by atoms with Crippen LogP contribution in [0.15, 0.2) is 27.5 Å². The number of rotatable bonds is 5. The molecule has 0 aliphatic rings. The van der Waals surface area contributed by atoms with Crippen molar-refractivity contribution >= 4 is 17.2 Å². The molecular formula is C13H17N3O2S. The minimum Gasteiger partial charge on any atom is -0.361 e. The van der Waals surface area contributed by atoms with Crippen molar-refractivity contribution in [1.29, 1.82) is 0 Å². The van der Waals surface area contributed by atoms with Crippen molar-refractivity contribution in [2.75, 3.05) is 20.6 Å². The molecule has 2 heterocycles. The number of thiophene rings is 1. The monoisotopic (exact) mass is 279 g/mol. The largest absolute Gasteiger partial charge is 0.361 e. The molecule has 0 spiro atoms. The summed E-state index contributed by atoms with van der Waals surface area (Å²) < 4.78 is 4.89. The van der Waals surface area contributed by atoms with E-state index in [4.69, 9.17) is 4.52 Å². The lowest BCUT2D eigenvalue weighted by Crippen LogP contribution is -2.34. The molecule has 0 fully saturated rings. The van der Waals surface area contributed by atoms with Gasteiger partial charge in [-0.3, -0.25) is 4.79 Å². The first-order valence-electron chi connectivity index (χ1n) is 5.97. The standard InChI is InChI=1S/C13H17N3O2S/c1-9-11(6-15-18-9)13(17)14-7-12(16(2)3)10-4-5-19-8-10/h4-6,8,12H,7H2,1-3H3,(H,14,17)/t12-/m1/s1. The van der Waals surface area contributed by atoms with Gasteiger partial charge in [0, 0.05) is 6.54 Å². The number of amides is 1. The molecule has 6 heteroatoms. The molecule has 0 saturated carbocycles. The molecule has 0 saturated heterocycles. The SMILES string of the molecule is Cc1oncc1C(=O)NC[C@H](c1ccsc1)N(C)C. The summed E-state index contributed by atoms with van der Waals surface area (Å²) in [6.07, 6.45) is 1.44. The van der Waals surface area contributed by atoms with Crippen LogP contribution in [-0.2, 0) is 0 Å². The Morgan fingerprint density at radius 2 is 2.37 bits per heavy atom. The highest BCUT2D eigenvalue weighted by Gasteiger charge is 2.18. The second-order valence-corrected chi connectivity index (χ2v) is 5.32. The first-order chi connectivity index (χ1) is 9.09. The second kappa shape index (κ2) is 5.99. The van der Waals surface area contributed by atoms with Gasteiger partial charge in [0.05, 0.1) is 12.2 Å². The van der Waals surface area contributed by atoms with Crippen molar-refractivity contribution in [2.45, 2.75) is 13.0 Å². The summed E-state index contributed by atoms with van der Waals surface area (Å²) in [5.41, 5.74) is 1.69. The second-order valence-electron chi connectivity index (χ2n) is 4.54. The van der Waals surface area contributed by atoms with E-state index in [1.54, 1.807) is 18.3 Å². The zero-order chi connectivity index (χ0) is 13.8. The summed E-state index contributed by atoms with van der Waals surface area (Å²) in [6.45, 7) is 2.28. The van der Waals surface area contributed by atoms with Crippen molar-refractivity contribution in [1.82, 2.24) is 15.4 Å². The van der Waals surface area contributed by atoms with E-state index in [2.05, 4.69) is 26.8 Å². The van der Waals surface area contributed by atoms with Crippen LogP contribution in [0.2, 0.25) is 0 Å². The van der Waals surface area contributed by atoms with Crippen LogP contribution in [0, 0.1) is 6.92 Å². The highest BCUT2D eigenvalue weighted by molar-refractivity contribution is 7.07. The third-order valence-electron chi connectivity index (χ3n) is 3.00. The molecule has 2 rings (SSSR count). The molecule has 0 bridgehead atoms. The zero-order valence-corrected chi connectivity index (χ0v) is 12.0. The van der Waals surface area contributed by atoms with Crippen molar-refractivity contribution in [2.24, 2.45) is 0 Å². The van der Waals surface area contributed by atoms with Gasteiger partial charge >= 0.3 is 0 Å². The Hall–Kier alpha value is -1.66. The molecule has 1 amide bonds. The summed E-state index contributed by atoms with van der Waals surface area (Å²) in [6, 6.07) is 2.24. The van der Waals surface area contributed by atoms with Crippen molar-refractivity contribution < 1.29 is 9.32 Å². The van der Waals surface area contributed by atoms with Gasteiger partial charge in [0.15, 0.2) is 0 Å². The summed E-state index contributed by atoms with van der Waals surface area (Å²) in [5.74, 6) is 0.385. The van der Waals surface area contributed by atoms with Gasteiger partial charge in [-0.1, -0.05) is 5.16 Å². The normalized spacial score (nSPS) is 12.6. The Morgan fingerprint density at radius 1 is 1.58 bits per heavy atom. The van der Waals surface area contributed by atoms with Crippen LogP contribution < -0.4 is 5.32 Å². The number of aromatic nitrogens is 1. The van der Waals surface area contributed by atoms with E-state index < -0.39 is 0 Å². The number of carbonyl (C=O) groups is 1. The van der Waals surface area contributed by atoms with Gasteiger partial charge in [-0.05, 0) is 43.4 Å². The van der Waals surface area contributed by atoms with E-state index in [0.717, 1.165) is 0 Å². The van der Waals surface area contributed by atoms with Crippen LogP contribution in [0.25, 0.3) is 0 Å². The van der Waals surface area contributed by atoms with Crippen molar-refractivity contribution in [3.63, 3.8) is 0 Å². The predicted molar refractivity (Wildman–Crippen MR) is 74.3 cm³/mol. The molecule has 0 aromatic carbocycles. The smallest absolute Gasteiger partial charge is 0.256 e. The number of hydrogen-bond donors (Lipinski definition) is 1. The molecule has 0 radical (unpaired) electrons. The minimum atomic E-state index is -0.152. The Morgan fingerprint density at radius 3 is 2.89 bits per heavy atom. The molecule has 19 heavy (non-hydrogen) atoms. The highest BCUT2D eigenvalue weighted by atomic mass is 32.1. The summed E-state index contributed by atoms with van der Waals surface area (Å²) in [4.78, 5) is 14.1. The lowest BCUT2D eigenvalue weighted by Gasteiger charge is -2.23. The van der Waals surface area contributed by atoms with Gasteiger partial charge in [-0.2, -0.15) is 11.3 Å². The van der Waals surface area contributed by atoms with E-state index in [1.165, 1.54) is 11.8 Å². The van der Waals surface area contributed by atoms with Gasteiger partial charge in [0.1, 0.15) is 11.3 Å². The summed E-state index contributed by atoms with van der Waals surface area (Å²) >= 11 is 1.66. The van der Waals surface area contributed by atoms with E-state index in [-0.39, 0.29) is 11.9 Å². The fraction of sp³-hybridized carbons (Fsp3) is 0.385. The fourth-order valence-corrected chi connectivity index (χ4v) is 2.57. The zero-order valence-electron chi connectivity index (χ0n) is 11.2. The van der Waals surface area contributed by atoms with E-state index in [1.807, 2.05) is 19.5 Å². The number of hydrogen-bond acceptors (Lipinski definition) is 5. The molecule has 1 atom stereocenters.